The number of anilines is 2. The van der Waals surface area contributed by atoms with Crippen LogP contribution < -0.4 is 15.4 Å². The van der Waals surface area contributed by atoms with Gasteiger partial charge in [-0.15, -0.1) is 0 Å². The van der Waals surface area contributed by atoms with Crippen molar-refractivity contribution in [2.24, 2.45) is 0 Å². The Morgan fingerprint density at radius 3 is 2.12 bits per heavy atom. The topological polar surface area (TPSA) is 70.7 Å². The summed E-state index contributed by atoms with van der Waals surface area (Å²) in [6.07, 6.45) is 0. The lowest BCUT2D eigenvalue weighted by Crippen LogP contribution is -2.36. The van der Waals surface area contributed by atoms with E-state index in [2.05, 4.69) is 10.6 Å². The summed E-state index contributed by atoms with van der Waals surface area (Å²) in [7, 11) is 3.28. The van der Waals surface area contributed by atoms with Gasteiger partial charge in [-0.25, -0.2) is 0 Å². The molecule has 26 heavy (non-hydrogen) atoms. The Hall–Kier alpha value is -2.86. The zero-order valence-electron chi connectivity index (χ0n) is 15.6. The number of hydrogen-bond donors (Lipinski definition) is 2. The first-order valence-corrected chi connectivity index (χ1v) is 8.38. The van der Waals surface area contributed by atoms with Gasteiger partial charge in [-0.05, 0) is 44.2 Å². The summed E-state index contributed by atoms with van der Waals surface area (Å²) in [5.74, 6) is 0.225. The van der Waals surface area contributed by atoms with E-state index in [9.17, 15) is 9.59 Å². The first kappa shape index (κ1) is 19.5. The van der Waals surface area contributed by atoms with Gasteiger partial charge in [-0.2, -0.15) is 0 Å². The van der Waals surface area contributed by atoms with Crippen molar-refractivity contribution in [1.82, 2.24) is 4.90 Å². The minimum absolute atomic E-state index is 0.0955. The molecule has 0 saturated carbocycles. The largest absolute Gasteiger partial charge is 0.495 e. The van der Waals surface area contributed by atoms with E-state index < -0.39 is 0 Å². The second kappa shape index (κ2) is 9.01. The van der Waals surface area contributed by atoms with Gasteiger partial charge >= 0.3 is 0 Å². The fourth-order valence-electron chi connectivity index (χ4n) is 2.67. The van der Waals surface area contributed by atoms with Crippen LogP contribution in [-0.4, -0.2) is 44.0 Å². The number of carbonyl (C=O) groups excluding carboxylic acids is 2. The Balaban J connectivity index is 1.88. The van der Waals surface area contributed by atoms with Crippen LogP contribution in [0.15, 0.2) is 42.5 Å². The van der Waals surface area contributed by atoms with Crippen molar-refractivity contribution in [1.29, 1.82) is 0 Å². The lowest BCUT2D eigenvalue weighted by molar-refractivity contribution is -0.119. The Kier molecular flexibility index (Phi) is 6.74. The highest BCUT2D eigenvalue weighted by molar-refractivity contribution is 5.96. The van der Waals surface area contributed by atoms with Gasteiger partial charge in [0.05, 0.1) is 25.9 Å². The molecule has 2 rings (SSSR count). The zero-order chi connectivity index (χ0) is 19.1. The number of likely N-dealkylation sites (N-methyl/N-ethyl adjacent to an activating group) is 1. The molecule has 0 fully saturated rings. The number of rotatable bonds is 7. The molecular formula is C20H25N3O3. The number of benzene rings is 2. The monoisotopic (exact) mass is 355 g/mol. The molecule has 2 amide bonds. The molecule has 138 valence electrons. The molecular weight excluding hydrogens is 330 g/mol. The van der Waals surface area contributed by atoms with E-state index in [0.29, 0.717) is 11.4 Å². The molecule has 0 aliphatic heterocycles. The summed E-state index contributed by atoms with van der Waals surface area (Å²) < 4.78 is 5.21. The molecule has 0 radical (unpaired) electrons. The van der Waals surface area contributed by atoms with Crippen LogP contribution in [0.25, 0.3) is 0 Å². The van der Waals surface area contributed by atoms with Crippen LogP contribution in [-0.2, 0) is 9.59 Å². The van der Waals surface area contributed by atoms with E-state index in [1.807, 2.05) is 44.2 Å². The third-order valence-corrected chi connectivity index (χ3v) is 3.95. The molecule has 2 aromatic rings. The number of carbonyl (C=O) groups is 2. The van der Waals surface area contributed by atoms with Crippen LogP contribution in [0.4, 0.5) is 11.4 Å². The highest BCUT2D eigenvalue weighted by Gasteiger charge is 2.14. The number of hydrogen-bond acceptors (Lipinski definition) is 4. The van der Waals surface area contributed by atoms with Crippen LogP contribution in [0.3, 0.4) is 0 Å². The summed E-state index contributed by atoms with van der Waals surface area (Å²) >= 11 is 0. The molecule has 0 aliphatic carbocycles. The van der Waals surface area contributed by atoms with Gasteiger partial charge in [0.1, 0.15) is 5.75 Å². The molecule has 6 nitrogen and oxygen atoms in total. The maximum atomic E-state index is 12.3. The van der Waals surface area contributed by atoms with Crippen molar-refractivity contribution in [3.8, 4) is 5.75 Å². The van der Waals surface area contributed by atoms with Gasteiger partial charge in [-0.1, -0.05) is 30.3 Å². The summed E-state index contributed by atoms with van der Waals surface area (Å²) in [5.41, 5.74) is 3.45. The molecule has 0 spiro atoms. The molecule has 0 unspecified atom stereocenters. The molecule has 0 saturated heterocycles. The fourth-order valence-corrected chi connectivity index (χ4v) is 2.67. The van der Waals surface area contributed by atoms with Crippen molar-refractivity contribution < 1.29 is 14.3 Å². The first-order chi connectivity index (χ1) is 12.4. The maximum absolute atomic E-state index is 12.3. The molecule has 0 bridgehead atoms. The number of amides is 2. The fraction of sp³-hybridized carbons (Fsp3) is 0.300. The smallest absolute Gasteiger partial charge is 0.238 e. The molecule has 2 aromatic carbocycles. The first-order valence-electron chi connectivity index (χ1n) is 8.38. The van der Waals surface area contributed by atoms with Crippen molar-refractivity contribution in [3.05, 3.63) is 53.6 Å². The summed E-state index contributed by atoms with van der Waals surface area (Å²) in [6.45, 7) is 4.12. The second-order valence-electron chi connectivity index (χ2n) is 6.24. The number of nitrogens with zero attached hydrogens (tertiary/aromatic N) is 1. The van der Waals surface area contributed by atoms with E-state index in [4.69, 9.17) is 4.74 Å². The van der Waals surface area contributed by atoms with Gasteiger partial charge in [0.2, 0.25) is 11.8 Å². The highest BCUT2D eigenvalue weighted by Crippen LogP contribution is 2.23. The molecule has 0 heterocycles. The lowest BCUT2D eigenvalue weighted by Gasteiger charge is -2.18. The van der Waals surface area contributed by atoms with Crippen molar-refractivity contribution in [3.63, 3.8) is 0 Å². The van der Waals surface area contributed by atoms with E-state index >= 15 is 0 Å². The number of ether oxygens (including phenoxy) is 1. The molecule has 6 heteroatoms. The number of nitrogens with one attached hydrogen (secondary N) is 2. The normalized spacial score (nSPS) is 10.5. The van der Waals surface area contributed by atoms with Gasteiger partial charge in [-0.3, -0.25) is 14.5 Å². The molecule has 2 N–H and O–H groups in total. The van der Waals surface area contributed by atoms with Gasteiger partial charge in [0, 0.05) is 5.69 Å². The molecule has 0 aromatic heterocycles. The summed E-state index contributed by atoms with van der Waals surface area (Å²) in [5, 5.41) is 5.71. The van der Waals surface area contributed by atoms with E-state index in [1.165, 1.54) is 0 Å². The quantitative estimate of drug-likeness (QED) is 0.801. The average Bonchev–Trinajstić information content (AvgIpc) is 2.58. The summed E-state index contributed by atoms with van der Waals surface area (Å²) in [4.78, 5) is 26.1. The van der Waals surface area contributed by atoms with Crippen LogP contribution in [0.1, 0.15) is 11.1 Å². The van der Waals surface area contributed by atoms with E-state index in [-0.39, 0.29) is 24.9 Å². The van der Waals surface area contributed by atoms with Gasteiger partial charge in [0.25, 0.3) is 0 Å². The highest BCUT2D eigenvalue weighted by atomic mass is 16.5. The Morgan fingerprint density at radius 1 is 0.923 bits per heavy atom. The van der Waals surface area contributed by atoms with Crippen molar-refractivity contribution >= 4 is 23.2 Å². The Morgan fingerprint density at radius 2 is 1.50 bits per heavy atom. The predicted octanol–water partition coefficient (Wildman–Crippen LogP) is 2.82. The number of methoxy groups -OCH3 is 1. The molecule has 0 aliphatic rings. The van der Waals surface area contributed by atoms with Gasteiger partial charge < -0.3 is 15.4 Å². The Labute approximate surface area is 154 Å². The minimum atomic E-state index is -0.211. The van der Waals surface area contributed by atoms with Crippen LogP contribution in [0.2, 0.25) is 0 Å². The van der Waals surface area contributed by atoms with Gasteiger partial charge in [0.15, 0.2) is 0 Å². The van der Waals surface area contributed by atoms with Crippen molar-refractivity contribution in [2.75, 3.05) is 37.9 Å². The zero-order valence-corrected chi connectivity index (χ0v) is 15.6. The minimum Gasteiger partial charge on any atom is -0.495 e. The third kappa shape index (κ3) is 5.32. The SMILES string of the molecule is COc1ccccc1NC(=O)CN(C)CC(=O)Nc1c(C)cccc1C. The predicted molar refractivity (Wildman–Crippen MR) is 104 cm³/mol. The lowest BCUT2D eigenvalue weighted by atomic mass is 10.1. The standard InChI is InChI=1S/C20H25N3O3/c1-14-8-7-9-15(2)20(14)22-19(25)13-23(3)12-18(24)21-16-10-5-6-11-17(16)26-4/h5-11H,12-13H2,1-4H3,(H,21,24)(H,22,25). The van der Waals surface area contributed by atoms with Crippen LogP contribution >= 0.6 is 0 Å². The number of para-hydroxylation sites is 3. The van der Waals surface area contributed by atoms with E-state index in [0.717, 1.165) is 16.8 Å². The Bertz CT molecular complexity index is 769. The molecule has 0 atom stereocenters. The van der Waals surface area contributed by atoms with E-state index in [1.54, 1.807) is 31.2 Å². The van der Waals surface area contributed by atoms with Crippen molar-refractivity contribution in [2.45, 2.75) is 13.8 Å². The second-order valence-corrected chi connectivity index (χ2v) is 6.24. The number of aryl methyl sites for hydroxylation is 2. The summed E-state index contributed by atoms with van der Waals surface area (Å²) in [6, 6.07) is 13.1. The van der Waals surface area contributed by atoms with Crippen LogP contribution in [0.5, 0.6) is 5.75 Å². The average molecular weight is 355 g/mol. The third-order valence-electron chi connectivity index (χ3n) is 3.95. The van der Waals surface area contributed by atoms with Crippen LogP contribution in [0, 0.1) is 13.8 Å². The maximum Gasteiger partial charge on any atom is 0.238 e.